The van der Waals surface area contributed by atoms with Crippen LogP contribution in [0.5, 0.6) is 5.75 Å². The second kappa shape index (κ2) is 5.24. The van der Waals surface area contributed by atoms with Crippen LogP contribution in [0.3, 0.4) is 0 Å². The summed E-state index contributed by atoms with van der Waals surface area (Å²) in [5.74, 6) is 0.336. The number of methoxy groups -OCH3 is 1. The molecule has 6 heteroatoms. The molecule has 0 fully saturated rings. The molecule has 0 radical (unpaired) electrons. The van der Waals surface area contributed by atoms with Gasteiger partial charge in [-0.1, -0.05) is 0 Å². The summed E-state index contributed by atoms with van der Waals surface area (Å²) in [4.78, 5) is 12.3. The van der Waals surface area contributed by atoms with Gasteiger partial charge in [0.1, 0.15) is 5.75 Å². The number of hydrogen-bond acceptors (Lipinski definition) is 4. The molecule has 1 heterocycles. The molecule has 1 amide bonds. The second-order valence-corrected chi connectivity index (χ2v) is 4.58. The standard InChI is InChI=1S/C14H18N4O2/c1-8-13(9(2)18(3)17-8)14(19)16-10-5-6-11(15)12(7-10)20-4/h5-7H,15H2,1-4H3,(H,16,19). The molecule has 0 saturated carbocycles. The van der Waals surface area contributed by atoms with Gasteiger partial charge >= 0.3 is 0 Å². The first-order valence-corrected chi connectivity index (χ1v) is 6.19. The van der Waals surface area contributed by atoms with Gasteiger partial charge in [0.25, 0.3) is 5.91 Å². The Morgan fingerprint density at radius 2 is 2.10 bits per heavy atom. The average Bonchev–Trinajstić information content (AvgIpc) is 2.65. The topological polar surface area (TPSA) is 82.2 Å². The van der Waals surface area contributed by atoms with Crippen molar-refractivity contribution in [2.24, 2.45) is 7.05 Å². The SMILES string of the molecule is COc1cc(NC(=O)c2c(C)nn(C)c2C)ccc1N. The van der Waals surface area contributed by atoms with Gasteiger partial charge in [0.15, 0.2) is 0 Å². The van der Waals surface area contributed by atoms with Gasteiger partial charge in [-0.15, -0.1) is 0 Å². The fourth-order valence-corrected chi connectivity index (χ4v) is 2.08. The Morgan fingerprint density at radius 3 is 2.65 bits per heavy atom. The monoisotopic (exact) mass is 274 g/mol. The van der Waals surface area contributed by atoms with Crippen LogP contribution in [-0.4, -0.2) is 22.8 Å². The molecule has 0 spiro atoms. The first kappa shape index (κ1) is 13.9. The van der Waals surface area contributed by atoms with E-state index < -0.39 is 0 Å². The Bertz CT molecular complexity index is 661. The van der Waals surface area contributed by atoms with E-state index in [4.69, 9.17) is 10.5 Å². The molecule has 0 aliphatic carbocycles. The lowest BCUT2D eigenvalue weighted by Crippen LogP contribution is -2.14. The van der Waals surface area contributed by atoms with Crippen molar-refractivity contribution in [1.82, 2.24) is 9.78 Å². The lowest BCUT2D eigenvalue weighted by Gasteiger charge is -2.09. The highest BCUT2D eigenvalue weighted by Gasteiger charge is 2.17. The summed E-state index contributed by atoms with van der Waals surface area (Å²) < 4.78 is 6.82. The summed E-state index contributed by atoms with van der Waals surface area (Å²) in [6.45, 7) is 3.67. The van der Waals surface area contributed by atoms with E-state index in [9.17, 15) is 4.79 Å². The van der Waals surface area contributed by atoms with Crippen LogP contribution in [0.1, 0.15) is 21.7 Å². The van der Waals surface area contributed by atoms with Gasteiger partial charge in [-0.3, -0.25) is 9.48 Å². The minimum absolute atomic E-state index is 0.195. The lowest BCUT2D eigenvalue weighted by atomic mass is 10.1. The zero-order chi connectivity index (χ0) is 14.9. The summed E-state index contributed by atoms with van der Waals surface area (Å²) in [6.07, 6.45) is 0. The zero-order valence-electron chi connectivity index (χ0n) is 12.0. The largest absolute Gasteiger partial charge is 0.495 e. The molecule has 0 unspecified atom stereocenters. The average molecular weight is 274 g/mol. The van der Waals surface area contributed by atoms with Crippen LogP contribution in [0.15, 0.2) is 18.2 Å². The quantitative estimate of drug-likeness (QED) is 0.837. The third-order valence-corrected chi connectivity index (χ3v) is 3.23. The van der Waals surface area contributed by atoms with Crippen LogP contribution in [0, 0.1) is 13.8 Å². The second-order valence-electron chi connectivity index (χ2n) is 4.58. The molecule has 0 aliphatic rings. The summed E-state index contributed by atoms with van der Waals surface area (Å²) in [6, 6.07) is 5.11. The molecule has 0 saturated heterocycles. The van der Waals surface area contributed by atoms with Crippen LogP contribution in [0.4, 0.5) is 11.4 Å². The molecule has 0 aliphatic heterocycles. The van der Waals surface area contributed by atoms with E-state index >= 15 is 0 Å². The maximum absolute atomic E-state index is 12.3. The Labute approximate surface area is 117 Å². The van der Waals surface area contributed by atoms with Gasteiger partial charge in [0, 0.05) is 24.5 Å². The van der Waals surface area contributed by atoms with Gasteiger partial charge in [0.2, 0.25) is 0 Å². The minimum Gasteiger partial charge on any atom is -0.495 e. The smallest absolute Gasteiger partial charge is 0.259 e. The summed E-state index contributed by atoms with van der Waals surface area (Å²) in [7, 11) is 3.35. The summed E-state index contributed by atoms with van der Waals surface area (Å²) in [5.41, 5.74) is 9.00. The number of ether oxygens (including phenoxy) is 1. The number of carbonyl (C=O) groups excluding carboxylic acids is 1. The van der Waals surface area contributed by atoms with Gasteiger partial charge in [-0.25, -0.2) is 0 Å². The molecular weight excluding hydrogens is 256 g/mol. The normalized spacial score (nSPS) is 10.4. The number of nitrogens with one attached hydrogen (secondary N) is 1. The molecule has 1 aromatic carbocycles. The third-order valence-electron chi connectivity index (χ3n) is 3.23. The number of rotatable bonds is 3. The Kier molecular flexibility index (Phi) is 3.65. The maximum atomic E-state index is 12.3. The predicted molar refractivity (Wildman–Crippen MR) is 78.0 cm³/mol. The molecule has 6 nitrogen and oxygen atoms in total. The zero-order valence-corrected chi connectivity index (χ0v) is 12.0. The number of nitrogens with two attached hydrogens (primary N) is 1. The Hall–Kier alpha value is -2.50. The van der Waals surface area contributed by atoms with E-state index in [2.05, 4.69) is 10.4 Å². The fourth-order valence-electron chi connectivity index (χ4n) is 2.08. The number of benzene rings is 1. The van der Waals surface area contributed by atoms with Gasteiger partial charge < -0.3 is 15.8 Å². The first-order chi connectivity index (χ1) is 9.43. The predicted octanol–water partition coefficient (Wildman–Crippen LogP) is 1.88. The highest BCUT2D eigenvalue weighted by atomic mass is 16.5. The van der Waals surface area contributed by atoms with Crippen molar-refractivity contribution in [3.63, 3.8) is 0 Å². The number of aryl methyl sites for hydroxylation is 2. The Balaban J connectivity index is 2.28. The number of hydrogen-bond donors (Lipinski definition) is 2. The minimum atomic E-state index is -0.195. The Morgan fingerprint density at radius 1 is 1.40 bits per heavy atom. The molecule has 20 heavy (non-hydrogen) atoms. The summed E-state index contributed by atoms with van der Waals surface area (Å²) >= 11 is 0. The molecule has 2 rings (SSSR count). The van der Waals surface area contributed by atoms with E-state index in [-0.39, 0.29) is 5.91 Å². The van der Waals surface area contributed by atoms with Crippen LogP contribution in [0.25, 0.3) is 0 Å². The van der Waals surface area contributed by atoms with Gasteiger partial charge in [0.05, 0.1) is 24.1 Å². The van der Waals surface area contributed by atoms with Crippen molar-refractivity contribution in [1.29, 1.82) is 0 Å². The number of nitrogens with zero attached hydrogens (tertiary/aromatic N) is 2. The van der Waals surface area contributed by atoms with Crippen LogP contribution in [-0.2, 0) is 7.05 Å². The van der Waals surface area contributed by atoms with E-state index in [0.29, 0.717) is 28.4 Å². The highest BCUT2D eigenvalue weighted by Crippen LogP contribution is 2.25. The van der Waals surface area contributed by atoms with Crippen molar-refractivity contribution >= 4 is 17.3 Å². The molecule has 0 bridgehead atoms. The highest BCUT2D eigenvalue weighted by molar-refractivity contribution is 6.06. The van der Waals surface area contributed by atoms with E-state index in [0.717, 1.165) is 5.69 Å². The third kappa shape index (κ3) is 2.45. The molecular formula is C14H18N4O2. The molecule has 1 aromatic heterocycles. The molecule has 0 atom stereocenters. The van der Waals surface area contributed by atoms with Crippen molar-refractivity contribution in [2.45, 2.75) is 13.8 Å². The van der Waals surface area contributed by atoms with Crippen LogP contribution < -0.4 is 15.8 Å². The maximum Gasteiger partial charge on any atom is 0.259 e. The van der Waals surface area contributed by atoms with Crippen molar-refractivity contribution in [3.8, 4) is 5.75 Å². The fraction of sp³-hybridized carbons (Fsp3) is 0.286. The number of aromatic nitrogens is 2. The number of anilines is 2. The molecule has 2 aromatic rings. The van der Waals surface area contributed by atoms with Gasteiger partial charge in [-0.05, 0) is 26.0 Å². The van der Waals surface area contributed by atoms with E-state index in [1.165, 1.54) is 7.11 Å². The van der Waals surface area contributed by atoms with Crippen LogP contribution >= 0.6 is 0 Å². The molecule has 3 N–H and O–H groups in total. The number of carbonyl (C=O) groups is 1. The van der Waals surface area contributed by atoms with E-state index in [1.54, 1.807) is 22.9 Å². The van der Waals surface area contributed by atoms with Crippen molar-refractivity contribution < 1.29 is 9.53 Å². The lowest BCUT2D eigenvalue weighted by molar-refractivity contribution is 0.102. The van der Waals surface area contributed by atoms with Crippen LogP contribution in [0.2, 0.25) is 0 Å². The number of amides is 1. The van der Waals surface area contributed by atoms with Gasteiger partial charge in [-0.2, -0.15) is 5.10 Å². The van der Waals surface area contributed by atoms with Crippen molar-refractivity contribution in [2.75, 3.05) is 18.2 Å². The first-order valence-electron chi connectivity index (χ1n) is 6.19. The number of nitrogen functional groups attached to an aromatic ring is 1. The van der Waals surface area contributed by atoms with E-state index in [1.807, 2.05) is 20.9 Å². The van der Waals surface area contributed by atoms with Crippen molar-refractivity contribution in [3.05, 3.63) is 35.2 Å². The molecule has 106 valence electrons. The summed E-state index contributed by atoms with van der Waals surface area (Å²) in [5, 5.41) is 7.06.